The molecule has 0 aromatic heterocycles. The van der Waals surface area contributed by atoms with E-state index >= 15 is 0 Å². The second kappa shape index (κ2) is 9.02. The molecule has 4 heteroatoms. The van der Waals surface area contributed by atoms with Crippen LogP contribution in [0.1, 0.15) is 62.4 Å². The maximum absolute atomic E-state index is 12.7. The molecule has 25 heavy (non-hydrogen) atoms. The van der Waals surface area contributed by atoms with Gasteiger partial charge < -0.3 is 10.0 Å². The van der Waals surface area contributed by atoms with Crippen LogP contribution in [0, 0.1) is 17.8 Å². The van der Waals surface area contributed by atoms with E-state index in [9.17, 15) is 14.7 Å². The Balaban J connectivity index is 1.92. The summed E-state index contributed by atoms with van der Waals surface area (Å²) in [5.74, 6) is 0.445. The average molecular weight is 345 g/mol. The standard InChI is InChI=1S/C21H31NO3/c1-4-17(5-2)15(3)20(23)22-12-10-16(11-13-22)14-18-8-6-7-9-19(18)21(24)25/h6-9,15-17H,4-5,10-14H2,1-3H3,(H,24,25). The first-order valence-corrected chi connectivity index (χ1v) is 9.57. The third-order valence-corrected chi connectivity index (χ3v) is 5.83. The number of hydrogen-bond donors (Lipinski definition) is 1. The SMILES string of the molecule is CCC(CC)C(C)C(=O)N1CCC(Cc2ccccc2C(=O)O)CC1. The van der Waals surface area contributed by atoms with E-state index < -0.39 is 5.97 Å². The zero-order chi connectivity index (χ0) is 18.4. The maximum Gasteiger partial charge on any atom is 0.335 e. The highest BCUT2D eigenvalue weighted by Crippen LogP contribution is 2.27. The van der Waals surface area contributed by atoms with Crippen LogP contribution in [0.25, 0.3) is 0 Å². The number of hydrogen-bond acceptors (Lipinski definition) is 2. The molecule has 1 atom stereocenters. The molecule has 0 bridgehead atoms. The fourth-order valence-corrected chi connectivity index (χ4v) is 4.06. The molecule has 1 aromatic rings. The zero-order valence-corrected chi connectivity index (χ0v) is 15.7. The van der Waals surface area contributed by atoms with Gasteiger partial charge in [-0.25, -0.2) is 4.79 Å². The zero-order valence-electron chi connectivity index (χ0n) is 15.7. The molecule has 1 aliphatic rings. The number of likely N-dealkylation sites (tertiary alicyclic amines) is 1. The number of benzene rings is 1. The lowest BCUT2D eigenvalue weighted by Gasteiger charge is -2.35. The number of carbonyl (C=O) groups excluding carboxylic acids is 1. The minimum atomic E-state index is -0.859. The monoisotopic (exact) mass is 345 g/mol. The minimum absolute atomic E-state index is 0.0966. The van der Waals surface area contributed by atoms with E-state index in [-0.39, 0.29) is 11.8 Å². The van der Waals surface area contributed by atoms with Gasteiger partial charge in [-0.1, -0.05) is 51.8 Å². The number of aromatic carboxylic acids is 1. The fourth-order valence-electron chi connectivity index (χ4n) is 4.06. The van der Waals surface area contributed by atoms with Gasteiger partial charge in [0.05, 0.1) is 5.56 Å². The summed E-state index contributed by atoms with van der Waals surface area (Å²) in [5, 5.41) is 9.32. The normalized spacial score (nSPS) is 16.9. The summed E-state index contributed by atoms with van der Waals surface area (Å²) in [4.78, 5) is 26.1. The van der Waals surface area contributed by atoms with Gasteiger partial charge in [-0.05, 0) is 42.7 Å². The molecule has 0 saturated carbocycles. The van der Waals surface area contributed by atoms with Crippen molar-refractivity contribution >= 4 is 11.9 Å². The summed E-state index contributed by atoms with van der Waals surface area (Å²) in [6, 6.07) is 7.26. The molecular formula is C21H31NO3. The highest BCUT2D eigenvalue weighted by molar-refractivity contribution is 5.89. The molecule has 1 aliphatic heterocycles. The van der Waals surface area contributed by atoms with Gasteiger partial charge in [0, 0.05) is 19.0 Å². The average Bonchev–Trinajstić information content (AvgIpc) is 2.63. The fraction of sp³-hybridized carbons (Fsp3) is 0.619. The van der Waals surface area contributed by atoms with E-state index in [0.717, 1.165) is 50.8 Å². The first kappa shape index (κ1) is 19.5. The molecular weight excluding hydrogens is 314 g/mol. The van der Waals surface area contributed by atoms with Gasteiger partial charge in [-0.2, -0.15) is 0 Å². The van der Waals surface area contributed by atoms with Crippen LogP contribution in [-0.4, -0.2) is 35.0 Å². The van der Waals surface area contributed by atoms with Crippen molar-refractivity contribution < 1.29 is 14.7 Å². The van der Waals surface area contributed by atoms with Gasteiger partial charge in [0.2, 0.25) is 5.91 Å². The second-order valence-corrected chi connectivity index (χ2v) is 7.30. The van der Waals surface area contributed by atoms with Crippen LogP contribution in [0.4, 0.5) is 0 Å². The Morgan fingerprint density at radius 3 is 2.32 bits per heavy atom. The van der Waals surface area contributed by atoms with Gasteiger partial charge in [0.25, 0.3) is 0 Å². The van der Waals surface area contributed by atoms with Crippen LogP contribution in [0.2, 0.25) is 0 Å². The second-order valence-electron chi connectivity index (χ2n) is 7.30. The minimum Gasteiger partial charge on any atom is -0.478 e. The summed E-state index contributed by atoms with van der Waals surface area (Å²) in [7, 11) is 0. The van der Waals surface area contributed by atoms with Crippen LogP contribution in [0.15, 0.2) is 24.3 Å². The van der Waals surface area contributed by atoms with Crippen molar-refractivity contribution in [2.24, 2.45) is 17.8 Å². The number of rotatable bonds is 7. The van der Waals surface area contributed by atoms with Crippen LogP contribution < -0.4 is 0 Å². The van der Waals surface area contributed by atoms with Crippen molar-refractivity contribution in [3.63, 3.8) is 0 Å². The number of amides is 1. The van der Waals surface area contributed by atoms with E-state index in [1.165, 1.54) is 0 Å². The van der Waals surface area contributed by atoms with Gasteiger partial charge in [0.1, 0.15) is 0 Å². The molecule has 1 heterocycles. The number of carboxylic acid groups (broad SMARTS) is 1. The maximum atomic E-state index is 12.7. The summed E-state index contributed by atoms with van der Waals surface area (Å²) in [6.07, 6.45) is 4.79. The molecule has 1 saturated heterocycles. The smallest absolute Gasteiger partial charge is 0.335 e. The largest absolute Gasteiger partial charge is 0.478 e. The predicted octanol–water partition coefficient (Wildman–Crippen LogP) is 4.24. The highest BCUT2D eigenvalue weighted by atomic mass is 16.4. The molecule has 0 aliphatic carbocycles. The number of piperidine rings is 1. The predicted molar refractivity (Wildman–Crippen MR) is 99.6 cm³/mol. The number of carboxylic acids is 1. The van der Waals surface area contributed by atoms with Crippen LogP contribution >= 0.6 is 0 Å². The van der Waals surface area contributed by atoms with Crippen molar-refractivity contribution in [3.05, 3.63) is 35.4 Å². The first-order chi connectivity index (χ1) is 12.0. The Morgan fingerprint density at radius 2 is 1.76 bits per heavy atom. The van der Waals surface area contributed by atoms with E-state index in [0.29, 0.717) is 17.4 Å². The summed E-state index contributed by atoms with van der Waals surface area (Å²) in [5.41, 5.74) is 1.31. The Labute approximate surface area is 151 Å². The molecule has 1 fully saturated rings. The summed E-state index contributed by atoms with van der Waals surface area (Å²) in [6.45, 7) is 7.97. The van der Waals surface area contributed by atoms with Gasteiger partial charge in [0.15, 0.2) is 0 Å². The van der Waals surface area contributed by atoms with Gasteiger partial charge in [-0.15, -0.1) is 0 Å². The lowest BCUT2D eigenvalue weighted by Crippen LogP contribution is -2.43. The lowest BCUT2D eigenvalue weighted by atomic mass is 9.85. The Morgan fingerprint density at radius 1 is 1.16 bits per heavy atom. The quantitative estimate of drug-likeness (QED) is 0.804. The summed E-state index contributed by atoms with van der Waals surface area (Å²) >= 11 is 0. The topological polar surface area (TPSA) is 57.6 Å². The van der Waals surface area contributed by atoms with E-state index in [2.05, 4.69) is 20.8 Å². The molecule has 138 valence electrons. The third kappa shape index (κ3) is 4.83. The van der Waals surface area contributed by atoms with E-state index in [1.54, 1.807) is 12.1 Å². The molecule has 1 amide bonds. The summed E-state index contributed by atoms with van der Waals surface area (Å²) < 4.78 is 0. The van der Waals surface area contributed by atoms with Gasteiger partial charge >= 0.3 is 5.97 Å². The molecule has 0 radical (unpaired) electrons. The van der Waals surface area contributed by atoms with Crippen molar-refractivity contribution in [2.45, 2.75) is 52.9 Å². The molecule has 1 N–H and O–H groups in total. The Bertz CT molecular complexity index is 587. The van der Waals surface area contributed by atoms with Crippen molar-refractivity contribution in [1.29, 1.82) is 0 Å². The number of carbonyl (C=O) groups is 2. The molecule has 1 unspecified atom stereocenters. The Kier molecular flexibility index (Phi) is 7.03. The van der Waals surface area contributed by atoms with Crippen molar-refractivity contribution in [3.8, 4) is 0 Å². The van der Waals surface area contributed by atoms with Crippen molar-refractivity contribution in [1.82, 2.24) is 4.90 Å². The molecule has 1 aromatic carbocycles. The van der Waals surface area contributed by atoms with E-state index in [1.807, 2.05) is 17.0 Å². The first-order valence-electron chi connectivity index (χ1n) is 9.57. The molecule has 4 nitrogen and oxygen atoms in total. The Hall–Kier alpha value is -1.84. The van der Waals surface area contributed by atoms with E-state index in [4.69, 9.17) is 0 Å². The van der Waals surface area contributed by atoms with Crippen LogP contribution in [0.5, 0.6) is 0 Å². The lowest BCUT2D eigenvalue weighted by molar-refractivity contribution is -0.138. The van der Waals surface area contributed by atoms with Crippen LogP contribution in [-0.2, 0) is 11.2 Å². The van der Waals surface area contributed by atoms with Gasteiger partial charge in [-0.3, -0.25) is 4.79 Å². The number of nitrogens with zero attached hydrogens (tertiary/aromatic N) is 1. The molecule has 0 spiro atoms. The highest BCUT2D eigenvalue weighted by Gasteiger charge is 2.29. The van der Waals surface area contributed by atoms with Crippen LogP contribution in [0.3, 0.4) is 0 Å². The van der Waals surface area contributed by atoms with Crippen molar-refractivity contribution in [2.75, 3.05) is 13.1 Å². The molecule has 2 rings (SSSR count). The third-order valence-electron chi connectivity index (χ3n) is 5.83.